The molecule has 24 heavy (non-hydrogen) atoms. The second kappa shape index (κ2) is 17.3. The highest BCUT2D eigenvalue weighted by Gasteiger charge is 2.27. The zero-order chi connectivity index (χ0) is 18.0. The molecule has 0 radical (unpaired) electrons. The molecule has 0 aliphatic heterocycles. The maximum atomic E-state index is 8.87. The third-order valence-electron chi connectivity index (χ3n) is 5.15. The molecular weight excluding hydrogens is 292 g/mol. The maximum Gasteiger partial charge on any atom is 0.0612 e. The van der Waals surface area contributed by atoms with Gasteiger partial charge in [0.05, 0.1) is 6.61 Å². The van der Waals surface area contributed by atoms with Crippen molar-refractivity contribution in [1.29, 1.82) is 0 Å². The molecule has 1 aliphatic rings. The zero-order valence-corrected chi connectivity index (χ0v) is 16.9. The predicted octanol–water partition coefficient (Wildman–Crippen LogP) is 7.45. The Bertz CT molecular complexity index is 301. The SMILES string of the molecule is C=C1CCC(/C=C/CO)[C@H]1CCCCCCCC.CCCCCC. The Morgan fingerprint density at radius 1 is 0.917 bits per heavy atom. The molecule has 1 heteroatoms. The summed E-state index contributed by atoms with van der Waals surface area (Å²) in [6, 6.07) is 0. The second-order valence-corrected chi connectivity index (χ2v) is 7.34. The van der Waals surface area contributed by atoms with E-state index in [1.54, 1.807) is 0 Å². The minimum atomic E-state index is 0.173. The van der Waals surface area contributed by atoms with Gasteiger partial charge in [-0.05, 0) is 31.1 Å². The first-order valence-corrected chi connectivity index (χ1v) is 10.7. The van der Waals surface area contributed by atoms with Crippen LogP contribution in [0.5, 0.6) is 0 Å². The van der Waals surface area contributed by atoms with Crippen LogP contribution in [0.25, 0.3) is 0 Å². The van der Waals surface area contributed by atoms with Gasteiger partial charge in [0.2, 0.25) is 0 Å². The molecule has 0 spiro atoms. The molecule has 0 saturated heterocycles. The molecule has 1 N–H and O–H groups in total. The molecule has 0 amide bonds. The lowest BCUT2D eigenvalue weighted by Gasteiger charge is -2.17. The van der Waals surface area contributed by atoms with Crippen molar-refractivity contribution in [3.05, 3.63) is 24.3 Å². The van der Waals surface area contributed by atoms with Crippen LogP contribution in [0.2, 0.25) is 0 Å². The molecule has 142 valence electrons. The largest absolute Gasteiger partial charge is 0.392 e. The van der Waals surface area contributed by atoms with Gasteiger partial charge in [-0.15, -0.1) is 0 Å². The van der Waals surface area contributed by atoms with E-state index in [0.29, 0.717) is 11.8 Å². The van der Waals surface area contributed by atoms with Gasteiger partial charge in [0.15, 0.2) is 0 Å². The first-order valence-electron chi connectivity index (χ1n) is 10.7. The Labute approximate surface area is 152 Å². The molecule has 0 aromatic heterocycles. The zero-order valence-electron chi connectivity index (χ0n) is 16.9. The van der Waals surface area contributed by atoms with Gasteiger partial charge >= 0.3 is 0 Å². The summed E-state index contributed by atoms with van der Waals surface area (Å²) in [4.78, 5) is 0. The van der Waals surface area contributed by atoms with Crippen molar-refractivity contribution in [1.82, 2.24) is 0 Å². The summed E-state index contributed by atoms with van der Waals surface area (Å²) in [6.45, 7) is 11.1. The van der Waals surface area contributed by atoms with E-state index in [2.05, 4.69) is 33.4 Å². The molecule has 0 bridgehead atoms. The first kappa shape index (κ1) is 23.4. The molecule has 1 unspecified atom stereocenters. The van der Waals surface area contributed by atoms with Gasteiger partial charge in [0.25, 0.3) is 0 Å². The van der Waals surface area contributed by atoms with E-state index in [9.17, 15) is 0 Å². The standard InChI is InChI=1S/C17H30O.C6H14/c1-3-4-5-6-7-8-11-17-15(2)12-13-16(17)10-9-14-18;1-3-5-6-4-2/h9-10,16-18H,2-8,11-14H2,1H3;3-6H2,1-2H3/b10-9+;/t16?,17-;/m0./s1. The fourth-order valence-electron chi connectivity index (χ4n) is 3.57. The monoisotopic (exact) mass is 336 g/mol. The van der Waals surface area contributed by atoms with Crippen LogP contribution in [0.1, 0.15) is 104 Å². The van der Waals surface area contributed by atoms with Gasteiger partial charge in [-0.3, -0.25) is 0 Å². The molecule has 1 saturated carbocycles. The number of rotatable bonds is 12. The number of unbranched alkanes of at least 4 members (excludes halogenated alkanes) is 8. The molecule has 0 aromatic carbocycles. The van der Waals surface area contributed by atoms with Gasteiger partial charge in [0.1, 0.15) is 0 Å². The number of hydrogen-bond acceptors (Lipinski definition) is 1. The molecule has 1 aliphatic carbocycles. The van der Waals surface area contributed by atoms with Crippen molar-refractivity contribution in [2.45, 2.75) is 104 Å². The van der Waals surface area contributed by atoms with E-state index in [4.69, 9.17) is 5.11 Å². The van der Waals surface area contributed by atoms with Gasteiger partial charge in [-0.25, -0.2) is 0 Å². The lowest BCUT2D eigenvalue weighted by Crippen LogP contribution is -2.07. The van der Waals surface area contributed by atoms with Crippen molar-refractivity contribution in [2.24, 2.45) is 11.8 Å². The van der Waals surface area contributed by atoms with Crippen molar-refractivity contribution in [3.8, 4) is 0 Å². The summed E-state index contributed by atoms with van der Waals surface area (Å²) in [6.07, 6.45) is 21.6. The Morgan fingerprint density at radius 2 is 1.46 bits per heavy atom. The van der Waals surface area contributed by atoms with Crippen LogP contribution in [0, 0.1) is 11.8 Å². The third-order valence-corrected chi connectivity index (χ3v) is 5.15. The summed E-state index contributed by atoms with van der Waals surface area (Å²) >= 11 is 0. The van der Waals surface area contributed by atoms with Crippen molar-refractivity contribution in [3.63, 3.8) is 0 Å². The van der Waals surface area contributed by atoms with Gasteiger partial charge in [0, 0.05) is 0 Å². The third kappa shape index (κ3) is 11.9. The van der Waals surface area contributed by atoms with Crippen molar-refractivity contribution in [2.75, 3.05) is 6.61 Å². The summed E-state index contributed by atoms with van der Waals surface area (Å²) in [5.41, 5.74) is 1.44. The summed E-state index contributed by atoms with van der Waals surface area (Å²) < 4.78 is 0. The average Bonchev–Trinajstić information content (AvgIpc) is 2.95. The van der Waals surface area contributed by atoms with E-state index in [1.165, 1.54) is 89.0 Å². The average molecular weight is 337 g/mol. The summed E-state index contributed by atoms with van der Waals surface area (Å²) in [7, 11) is 0. The lowest BCUT2D eigenvalue weighted by atomic mass is 9.88. The molecule has 1 fully saturated rings. The van der Waals surface area contributed by atoms with Gasteiger partial charge in [-0.2, -0.15) is 0 Å². The van der Waals surface area contributed by atoms with E-state index in [-0.39, 0.29) is 6.61 Å². The summed E-state index contributed by atoms with van der Waals surface area (Å²) in [5, 5.41) is 8.87. The maximum absolute atomic E-state index is 8.87. The summed E-state index contributed by atoms with van der Waals surface area (Å²) in [5.74, 6) is 1.32. The van der Waals surface area contributed by atoms with Gasteiger partial charge < -0.3 is 5.11 Å². The minimum absolute atomic E-state index is 0.173. The van der Waals surface area contributed by atoms with E-state index in [1.807, 2.05) is 6.08 Å². The van der Waals surface area contributed by atoms with Crippen LogP contribution in [0.4, 0.5) is 0 Å². The number of aliphatic hydroxyl groups excluding tert-OH is 1. The molecule has 0 aromatic rings. The van der Waals surface area contributed by atoms with Crippen molar-refractivity contribution < 1.29 is 5.11 Å². The number of aliphatic hydroxyl groups is 1. The molecule has 0 heterocycles. The van der Waals surface area contributed by atoms with Crippen LogP contribution in [0.15, 0.2) is 24.3 Å². The molecule has 2 atom stereocenters. The lowest BCUT2D eigenvalue weighted by molar-refractivity contribution is 0.340. The van der Waals surface area contributed by atoms with Crippen LogP contribution < -0.4 is 0 Å². The Balaban J connectivity index is 0.000000754. The highest BCUT2D eigenvalue weighted by molar-refractivity contribution is 5.13. The van der Waals surface area contributed by atoms with Gasteiger partial charge in [-0.1, -0.05) is 109 Å². The molecule has 1 nitrogen and oxygen atoms in total. The predicted molar refractivity (Wildman–Crippen MR) is 109 cm³/mol. The topological polar surface area (TPSA) is 20.2 Å². The smallest absolute Gasteiger partial charge is 0.0612 e. The van der Waals surface area contributed by atoms with Crippen LogP contribution in [-0.4, -0.2) is 11.7 Å². The molecule has 1 rings (SSSR count). The van der Waals surface area contributed by atoms with Crippen LogP contribution in [0.3, 0.4) is 0 Å². The fourth-order valence-corrected chi connectivity index (χ4v) is 3.57. The van der Waals surface area contributed by atoms with Crippen molar-refractivity contribution >= 4 is 0 Å². The highest BCUT2D eigenvalue weighted by Crippen LogP contribution is 2.39. The van der Waals surface area contributed by atoms with Crippen LogP contribution >= 0.6 is 0 Å². The van der Waals surface area contributed by atoms with E-state index < -0.39 is 0 Å². The Hall–Kier alpha value is -0.560. The van der Waals surface area contributed by atoms with E-state index in [0.717, 1.165) is 0 Å². The number of hydrogen-bond donors (Lipinski definition) is 1. The first-order chi connectivity index (χ1) is 11.7. The quantitative estimate of drug-likeness (QED) is 0.290. The normalized spacial score (nSPS) is 20.4. The minimum Gasteiger partial charge on any atom is -0.392 e. The Kier molecular flexibility index (Phi) is 16.9. The number of allylic oxidation sites excluding steroid dienone is 2. The Morgan fingerprint density at radius 3 is 2.04 bits per heavy atom. The highest BCUT2D eigenvalue weighted by atomic mass is 16.2. The van der Waals surface area contributed by atoms with Crippen LogP contribution in [-0.2, 0) is 0 Å². The molecular formula is C23H44O. The fraction of sp³-hybridized carbons (Fsp3) is 0.826. The van der Waals surface area contributed by atoms with E-state index >= 15 is 0 Å². The second-order valence-electron chi connectivity index (χ2n) is 7.34.